The van der Waals surface area contributed by atoms with Crippen LogP contribution in [0.2, 0.25) is 18.1 Å². The van der Waals surface area contributed by atoms with Gasteiger partial charge in [0.1, 0.15) is 6.10 Å². The quantitative estimate of drug-likeness (QED) is 0.387. The van der Waals surface area contributed by atoms with Crippen molar-refractivity contribution in [2.45, 2.75) is 90.4 Å². The molecule has 0 aliphatic carbocycles. The zero-order valence-corrected chi connectivity index (χ0v) is 18.8. The standard InChI is InChI=1S/C18H32O9Si/c1-10(19)24-14-13(9-23-28(7,8)18(4,5)6)27-17(22)16(26-12(3)21)15(14)25-11(2)20/h13-17,22H,9H2,1-8H3/t13-,14+,15+,16-,17?/m1/s1. The smallest absolute Gasteiger partial charge is 0.303 e. The Morgan fingerprint density at radius 2 is 1.32 bits per heavy atom. The third-order valence-electron chi connectivity index (χ3n) is 4.93. The fourth-order valence-electron chi connectivity index (χ4n) is 2.51. The van der Waals surface area contributed by atoms with Gasteiger partial charge in [-0.1, -0.05) is 20.8 Å². The van der Waals surface area contributed by atoms with E-state index in [4.69, 9.17) is 23.4 Å². The summed E-state index contributed by atoms with van der Waals surface area (Å²) in [4.78, 5) is 34.6. The van der Waals surface area contributed by atoms with Crippen LogP contribution in [0, 0.1) is 0 Å². The Morgan fingerprint density at radius 1 is 0.893 bits per heavy atom. The van der Waals surface area contributed by atoms with Crippen LogP contribution in [0.4, 0.5) is 0 Å². The van der Waals surface area contributed by atoms with Crippen LogP contribution in [-0.4, -0.2) is 68.6 Å². The molecule has 0 aromatic carbocycles. The maximum atomic E-state index is 11.6. The van der Waals surface area contributed by atoms with Crippen molar-refractivity contribution in [1.29, 1.82) is 0 Å². The number of carbonyl (C=O) groups is 3. The molecule has 1 fully saturated rings. The molecule has 162 valence electrons. The molecule has 0 aromatic heterocycles. The van der Waals surface area contributed by atoms with Gasteiger partial charge in [-0.05, 0) is 18.1 Å². The Labute approximate surface area is 166 Å². The Hall–Kier alpha value is -1.49. The van der Waals surface area contributed by atoms with Crippen molar-refractivity contribution in [3.63, 3.8) is 0 Å². The molecule has 0 spiro atoms. The third-order valence-corrected chi connectivity index (χ3v) is 9.43. The van der Waals surface area contributed by atoms with Crippen LogP contribution in [0.25, 0.3) is 0 Å². The zero-order valence-electron chi connectivity index (χ0n) is 17.8. The predicted molar refractivity (Wildman–Crippen MR) is 101 cm³/mol. The second-order valence-corrected chi connectivity index (χ2v) is 13.2. The van der Waals surface area contributed by atoms with Gasteiger partial charge in [0.15, 0.2) is 32.9 Å². The van der Waals surface area contributed by atoms with E-state index < -0.39 is 56.9 Å². The first-order valence-electron chi connectivity index (χ1n) is 9.15. The molecule has 1 aliphatic heterocycles. The van der Waals surface area contributed by atoms with E-state index in [1.165, 1.54) is 13.8 Å². The van der Waals surface area contributed by atoms with Gasteiger partial charge >= 0.3 is 17.9 Å². The Bertz CT molecular complexity index is 584. The molecular weight excluding hydrogens is 388 g/mol. The number of ether oxygens (including phenoxy) is 4. The summed E-state index contributed by atoms with van der Waals surface area (Å²) in [7, 11) is -2.17. The van der Waals surface area contributed by atoms with Crippen LogP contribution in [0.15, 0.2) is 0 Å². The molecule has 9 nitrogen and oxygen atoms in total. The molecule has 1 aliphatic rings. The number of rotatable bonds is 6. The summed E-state index contributed by atoms with van der Waals surface area (Å²) in [6.45, 7) is 13.8. The molecule has 0 amide bonds. The predicted octanol–water partition coefficient (Wildman–Crippen LogP) is 1.52. The largest absolute Gasteiger partial charge is 0.456 e. The minimum atomic E-state index is -2.17. The van der Waals surface area contributed by atoms with Gasteiger partial charge in [-0.2, -0.15) is 0 Å². The first-order chi connectivity index (χ1) is 12.7. The monoisotopic (exact) mass is 420 g/mol. The first kappa shape index (κ1) is 24.5. The highest BCUT2D eigenvalue weighted by molar-refractivity contribution is 6.74. The van der Waals surface area contributed by atoms with Crippen LogP contribution in [-0.2, 0) is 37.8 Å². The number of hydrogen-bond donors (Lipinski definition) is 1. The Kier molecular flexibility index (Phi) is 8.18. The molecule has 1 heterocycles. The number of esters is 3. The molecule has 0 saturated carbocycles. The fraction of sp³-hybridized carbons (Fsp3) is 0.833. The van der Waals surface area contributed by atoms with Crippen molar-refractivity contribution in [2.75, 3.05) is 6.61 Å². The zero-order chi connectivity index (χ0) is 21.9. The minimum Gasteiger partial charge on any atom is -0.456 e. The molecule has 28 heavy (non-hydrogen) atoms. The summed E-state index contributed by atoms with van der Waals surface area (Å²) >= 11 is 0. The van der Waals surface area contributed by atoms with Crippen molar-refractivity contribution in [3.05, 3.63) is 0 Å². The van der Waals surface area contributed by atoms with Crippen LogP contribution in [0.3, 0.4) is 0 Å². The number of aliphatic hydroxyl groups excluding tert-OH is 1. The molecule has 1 saturated heterocycles. The van der Waals surface area contributed by atoms with Crippen LogP contribution >= 0.6 is 0 Å². The van der Waals surface area contributed by atoms with Gasteiger partial charge < -0.3 is 28.5 Å². The average molecular weight is 421 g/mol. The normalized spacial score (nSPS) is 28.4. The molecule has 10 heteroatoms. The molecule has 0 bridgehead atoms. The highest BCUT2D eigenvalue weighted by atomic mass is 28.4. The molecule has 1 unspecified atom stereocenters. The molecular formula is C18H32O9Si. The third kappa shape index (κ3) is 6.54. The van der Waals surface area contributed by atoms with E-state index in [9.17, 15) is 19.5 Å². The fourth-order valence-corrected chi connectivity index (χ4v) is 3.53. The van der Waals surface area contributed by atoms with E-state index in [0.717, 1.165) is 6.92 Å². The van der Waals surface area contributed by atoms with Crippen molar-refractivity contribution < 1.29 is 42.9 Å². The molecule has 5 atom stereocenters. The summed E-state index contributed by atoms with van der Waals surface area (Å²) in [5.41, 5.74) is 0. The first-order valence-corrected chi connectivity index (χ1v) is 12.1. The lowest BCUT2D eigenvalue weighted by molar-refractivity contribution is -0.294. The van der Waals surface area contributed by atoms with Gasteiger partial charge in [0, 0.05) is 20.8 Å². The van der Waals surface area contributed by atoms with Gasteiger partial charge in [-0.3, -0.25) is 14.4 Å². The number of aliphatic hydroxyl groups is 1. The van der Waals surface area contributed by atoms with E-state index in [1.807, 2.05) is 13.1 Å². The summed E-state index contributed by atoms with van der Waals surface area (Å²) in [5.74, 6) is -2.03. The Balaban J connectivity index is 3.15. The van der Waals surface area contributed by atoms with Crippen molar-refractivity contribution in [1.82, 2.24) is 0 Å². The van der Waals surface area contributed by atoms with Gasteiger partial charge in [0.25, 0.3) is 0 Å². The van der Waals surface area contributed by atoms with E-state index in [1.54, 1.807) is 0 Å². The Morgan fingerprint density at radius 3 is 1.75 bits per heavy atom. The second-order valence-electron chi connectivity index (χ2n) is 8.36. The maximum absolute atomic E-state index is 11.6. The lowest BCUT2D eigenvalue weighted by Crippen LogP contribution is -2.62. The van der Waals surface area contributed by atoms with E-state index in [-0.39, 0.29) is 11.6 Å². The summed E-state index contributed by atoms with van der Waals surface area (Å²) in [5, 5.41) is 10.3. The number of hydrogen-bond acceptors (Lipinski definition) is 9. The van der Waals surface area contributed by atoms with Crippen LogP contribution in [0.1, 0.15) is 41.5 Å². The van der Waals surface area contributed by atoms with Gasteiger partial charge in [0.05, 0.1) is 6.61 Å². The van der Waals surface area contributed by atoms with Crippen molar-refractivity contribution in [3.8, 4) is 0 Å². The van der Waals surface area contributed by atoms with Gasteiger partial charge in [-0.25, -0.2) is 0 Å². The summed E-state index contributed by atoms with van der Waals surface area (Å²) in [6, 6.07) is 0. The topological polar surface area (TPSA) is 118 Å². The van der Waals surface area contributed by atoms with Crippen LogP contribution < -0.4 is 0 Å². The van der Waals surface area contributed by atoms with Crippen LogP contribution in [0.5, 0.6) is 0 Å². The second kappa shape index (κ2) is 9.34. The average Bonchev–Trinajstić information content (AvgIpc) is 2.49. The van der Waals surface area contributed by atoms with Crippen molar-refractivity contribution in [2.24, 2.45) is 0 Å². The molecule has 0 radical (unpaired) electrons. The van der Waals surface area contributed by atoms with Gasteiger partial charge in [0.2, 0.25) is 0 Å². The summed E-state index contributed by atoms with van der Waals surface area (Å²) in [6.07, 6.45) is -6.17. The van der Waals surface area contributed by atoms with Crippen molar-refractivity contribution >= 4 is 26.2 Å². The van der Waals surface area contributed by atoms with E-state index in [0.29, 0.717) is 0 Å². The summed E-state index contributed by atoms with van der Waals surface area (Å²) < 4.78 is 27.3. The highest BCUT2D eigenvalue weighted by Crippen LogP contribution is 2.37. The van der Waals surface area contributed by atoms with Gasteiger partial charge in [-0.15, -0.1) is 0 Å². The minimum absolute atomic E-state index is 0.00998. The SMILES string of the molecule is CC(=O)O[C@@H]1[C@H](OC(C)=O)[C@@H](OC(C)=O)C(O)O[C@@H]1CO[Si](C)(C)C(C)(C)C. The lowest BCUT2D eigenvalue weighted by Gasteiger charge is -2.44. The highest BCUT2D eigenvalue weighted by Gasteiger charge is 2.52. The maximum Gasteiger partial charge on any atom is 0.303 e. The molecule has 0 aromatic rings. The molecule has 1 N–H and O–H groups in total. The molecule has 1 rings (SSSR count). The number of carbonyl (C=O) groups excluding carboxylic acids is 3. The van der Waals surface area contributed by atoms with E-state index >= 15 is 0 Å². The van der Waals surface area contributed by atoms with E-state index in [2.05, 4.69) is 20.8 Å². The lowest BCUT2D eigenvalue weighted by atomic mass is 9.98.